The Balaban J connectivity index is 1.61. The van der Waals surface area contributed by atoms with Crippen molar-refractivity contribution in [2.45, 2.75) is 13.2 Å². The second kappa shape index (κ2) is 7.23. The molecule has 4 nitrogen and oxygen atoms in total. The van der Waals surface area contributed by atoms with Crippen LogP contribution in [-0.2, 0) is 17.9 Å². The molecule has 0 aliphatic carbocycles. The Morgan fingerprint density at radius 3 is 2.50 bits per heavy atom. The van der Waals surface area contributed by atoms with Crippen molar-refractivity contribution in [2.24, 2.45) is 0 Å². The lowest BCUT2D eigenvalue weighted by Crippen LogP contribution is -2.06. The van der Waals surface area contributed by atoms with Gasteiger partial charge in [0, 0.05) is 29.8 Å². The van der Waals surface area contributed by atoms with Crippen LogP contribution >= 0.6 is 0 Å². The molecule has 0 N–H and O–H groups in total. The number of nitrogens with zero attached hydrogens (tertiary/aromatic N) is 2. The topological polar surface area (TPSA) is 44.1 Å². The van der Waals surface area contributed by atoms with Gasteiger partial charge in [-0.2, -0.15) is 0 Å². The van der Waals surface area contributed by atoms with Crippen LogP contribution in [0.25, 0.3) is 10.9 Å². The van der Waals surface area contributed by atoms with Gasteiger partial charge in [-0.05, 0) is 23.8 Å². The number of ether oxygens (including phenoxy) is 1. The van der Waals surface area contributed by atoms with Crippen LogP contribution < -0.4 is 0 Å². The third-order valence-corrected chi connectivity index (χ3v) is 4.28. The maximum Gasteiger partial charge on any atom is 0.340 e. The Morgan fingerprint density at radius 2 is 1.69 bits per heavy atom. The maximum absolute atomic E-state index is 12.6. The minimum Gasteiger partial charge on any atom is -0.456 e. The van der Waals surface area contributed by atoms with Gasteiger partial charge in [-0.3, -0.25) is 4.98 Å². The molecule has 0 aliphatic rings. The van der Waals surface area contributed by atoms with Crippen molar-refractivity contribution < 1.29 is 9.53 Å². The van der Waals surface area contributed by atoms with E-state index in [9.17, 15) is 4.79 Å². The van der Waals surface area contributed by atoms with Crippen molar-refractivity contribution in [3.05, 3.63) is 102 Å². The number of carbonyl (C=O) groups is 1. The van der Waals surface area contributed by atoms with Crippen molar-refractivity contribution >= 4 is 16.9 Å². The van der Waals surface area contributed by atoms with Gasteiger partial charge < -0.3 is 9.30 Å². The Bertz CT molecular complexity index is 1020. The lowest BCUT2D eigenvalue weighted by Gasteiger charge is -2.05. The molecule has 0 spiro atoms. The molecule has 0 amide bonds. The zero-order valence-corrected chi connectivity index (χ0v) is 14.2. The molecule has 26 heavy (non-hydrogen) atoms. The molecule has 128 valence electrons. The van der Waals surface area contributed by atoms with Crippen LogP contribution in [0.3, 0.4) is 0 Å². The fourth-order valence-electron chi connectivity index (χ4n) is 3.02. The van der Waals surface area contributed by atoms with Crippen molar-refractivity contribution in [1.29, 1.82) is 0 Å². The largest absolute Gasteiger partial charge is 0.456 e. The molecule has 4 heteroatoms. The number of esters is 1. The average Bonchev–Trinajstić information content (AvgIpc) is 3.06. The molecular weight excluding hydrogens is 324 g/mol. The molecule has 2 heterocycles. The fourth-order valence-corrected chi connectivity index (χ4v) is 3.02. The zero-order chi connectivity index (χ0) is 17.8. The number of carbonyl (C=O) groups excluding carboxylic acids is 1. The van der Waals surface area contributed by atoms with Gasteiger partial charge in [0.05, 0.1) is 11.3 Å². The third kappa shape index (κ3) is 3.35. The van der Waals surface area contributed by atoms with E-state index in [2.05, 4.69) is 21.7 Å². The average molecular weight is 342 g/mol. The van der Waals surface area contributed by atoms with Gasteiger partial charge in [0.25, 0.3) is 0 Å². The summed E-state index contributed by atoms with van der Waals surface area (Å²) in [6.45, 7) is 0.868. The van der Waals surface area contributed by atoms with Gasteiger partial charge in [0.2, 0.25) is 0 Å². The number of hydrogen-bond donors (Lipinski definition) is 0. The van der Waals surface area contributed by atoms with E-state index in [-0.39, 0.29) is 12.6 Å². The molecule has 0 saturated heterocycles. The number of aromatic nitrogens is 2. The van der Waals surface area contributed by atoms with Gasteiger partial charge in [-0.1, -0.05) is 54.6 Å². The number of hydrogen-bond acceptors (Lipinski definition) is 3. The van der Waals surface area contributed by atoms with Gasteiger partial charge in [-0.25, -0.2) is 4.79 Å². The highest BCUT2D eigenvalue weighted by molar-refractivity contribution is 6.04. The number of para-hydroxylation sites is 1. The van der Waals surface area contributed by atoms with Crippen LogP contribution in [0.1, 0.15) is 21.6 Å². The van der Waals surface area contributed by atoms with Crippen molar-refractivity contribution in [3.8, 4) is 0 Å². The van der Waals surface area contributed by atoms with Crippen LogP contribution in [-0.4, -0.2) is 15.5 Å². The van der Waals surface area contributed by atoms with Crippen molar-refractivity contribution in [2.75, 3.05) is 0 Å². The Hall–Kier alpha value is -3.40. The second-order valence-electron chi connectivity index (χ2n) is 6.07. The van der Waals surface area contributed by atoms with E-state index in [1.165, 1.54) is 5.56 Å². The van der Waals surface area contributed by atoms with Crippen molar-refractivity contribution in [3.63, 3.8) is 0 Å². The molecule has 0 saturated carbocycles. The molecular formula is C22H18N2O2. The summed E-state index contributed by atoms with van der Waals surface area (Å²) in [5.41, 5.74) is 3.50. The number of rotatable bonds is 5. The van der Waals surface area contributed by atoms with Crippen LogP contribution in [0.5, 0.6) is 0 Å². The monoisotopic (exact) mass is 342 g/mol. The van der Waals surface area contributed by atoms with Crippen LogP contribution in [0.15, 0.2) is 85.2 Å². The van der Waals surface area contributed by atoms with E-state index in [4.69, 9.17) is 4.74 Å². The van der Waals surface area contributed by atoms with E-state index in [1.54, 1.807) is 6.20 Å². The molecule has 0 aliphatic heterocycles. The second-order valence-corrected chi connectivity index (χ2v) is 6.07. The molecule has 2 aromatic carbocycles. The summed E-state index contributed by atoms with van der Waals surface area (Å²) < 4.78 is 7.56. The lowest BCUT2D eigenvalue weighted by molar-refractivity contribution is 0.0470. The van der Waals surface area contributed by atoms with Gasteiger partial charge >= 0.3 is 5.97 Å². The number of fused-ring (bicyclic) bond motifs is 1. The first-order valence-electron chi connectivity index (χ1n) is 8.50. The summed E-state index contributed by atoms with van der Waals surface area (Å²) >= 11 is 0. The molecule has 4 aromatic rings. The van der Waals surface area contributed by atoms with Gasteiger partial charge in [0.15, 0.2) is 0 Å². The van der Waals surface area contributed by atoms with E-state index in [0.717, 1.165) is 16.6 Å². The molecule has 0 atom stereocenters. The standard InChI is InChI=1S/C22H18N2O2/c25-22(26-16-18-10-6-7-13-23-18)20-15-24(14-17-8-2-1-3-9-17)21-12-5-4-11-19(20)21/h1-13,15H,14,16H2. The SMILES string of the molecule is O=C(OCc1ccccn1)c1cn(Cc2ccccc2)c2ccccc12. The van der Waals surface area contributed by atoms with Gasteiger partial charge in [0.1, 0.15) is 6.61 Å². The summed E-state index contributed by atoms with van der Waals surface area (Å²) in [5, 5.41) is 0.898. The highest BCUT2D eigenvalue weighted by Gasteiger charge is 2.16. The number of pyridine rings is 1. The molecule has 0 radical (unpaired) electrons. The maximum atomic E-state index is 12.6. The first kappa shape index (κ1) is 16.1. The van der Waals surface area contributed by atoms with Crippen LogP contribution in [0.4, 0.5) is 0 Å². The third-order valence-electron chi connectivity index (χ3n) is 4.28. The molecule has 0 bridgehead atoms. The summed E-state index contributed by atoms with van der Waals surface area (Å²) in [6.07, 6.45) is 3.56. The highest BCUT2D eigenvalue weighted by atomic mass is 16.5. The summed E-state index contributed by atoms with van der Waals surface area (Å²) in [5.74, 6) is -0.335. The smallest absolute Gasteiger partial charge is 0.340 e. The number of benzene rings is 2. The summed E-state index contributed by atoms with van der Waals surface area (Å²) in [7, 11) is 0. The zero-order valence-electron chi connectivity index (χ0n) is 14.2. The van der Waals surface area contributed by atoms with E-state index < -0.39 is 0 Å². The summed E-state index contributed by atoms with van der Waals surface area (Å²) in [4.78, 5) is 16.8. The Morgan fingerprint density at radius 1 is 0.923 bits per heavy atom. The van der Waals surface area contributed by atoms with Crippen molar-refractivity contribution in [1.82, 2.24) is 9.55 Å². The Kier molecular flexibility index (Phi) is 4.48. The van der Waals surface area contributed by atoms with Crippen LogP contribution in [0, 0.1) is 0 Å². The van der Waals surface area contributed by atoms with E-state index in [1.807, 2.05) is 66.9 Å². The fraction of sp³-hybridized carbons (Fsp3) is 0.0909. The van der Waals surface area contributed by atoms with Crippen LogP contribution in [0.2, 0.25) is 0 Å². The van der Waals surface area contributed by atoms with Gasteiger partial charge in [-0.15, -0.1) is 0 Å². The molecule has 4 rings (SSSR count). The minimum absolute atomic E-state index is 0.165. The van der Waals surface area contributed by atoms with E-state index in [0.29, 0.717) is 12.1 Å². The van der Waals surface area contributed by atoms with E-state index >= 15 is 0 Å². The quantitative estimate of drug-likeness (QED) is 0.504. The predicted octanol–water partition coefficient (Wildman–Crippen LogP) is 4.44. The first-order valence-corrected chi connectivity index (χ1v) is 8.50. The first-order chi connectivity index (χ1) is 12.8. The Labute approximate surface area is 151 Å². The molecule has 2 aromatic heterocycles. The summed E-state index contributed by atoms with van der Waals surface area (Å²) in [6, 6.07) is 23.6. The lowest BCUT2D eigenvalue weighted by atomic mass is 10.2. The predicted molar refractivity (Wildman–Crippen MR) is 101 cm³/mol. The molecule has 0 unspecified atom stereocenters. The minimum atomic E-state index is -0.335. The highest BCUT2D eigenvalue weighted by Crippen LogP contribution is 2.23. The molecule has 0 fully saturated rings. The normalized spacial score (nSPS) is 10.8.